The van der Waals surface area contributed by atoms with Crippen LogP contribution in [0.3, 0.4) is 0 Å². The fraction of sp³-hybridized carbons (Fsp3) is 0.500. The molecule has 58 valence electrons. The molecule has 0 fully saturated rings. The molecule has 10 heavy (non-hydrogen) atoms. The van der Waals surface area contributed by atoms with Gasteiger partial charge in [0.05, 0.1) is 0 Å². The summed E-state index contributed by atoms with van der Waals surface area (Å²) in [5, 5.41) is 8.02. The predicted molar refractivity (Wildman–Crippen MR) is 33.7 cm³/mol. The molecule has 1 unspecified atom stereocenters. The van der Waals surface area contributed by atoms with E-state index in [1.165, 1.54) is 6.08 Å². The molecule has 0 saturated heterocycles. The van der Waals surface area contributed by atoms with Crippen LogP contribution >= 0.6 is 0 Å². The number of carboxylic acid groups (broad SMARTS) is 1. The third-order valence-corrected chi connectivity index (χ3v) is 0.869. The van der Waals surface area contributed by atoms with E-state index < -0.39 is 18.9 Å². The molecule has 0 rings (SSSR count). The summed E-state index contributed by atoms with van der Waals surface area (Å²) in [6.07, 6.45) is -0.727. The molecule has 0 saturated carbocycles. The van der Waals surface area contributed by atoms with Crippen LogP contribution in [-0.4, -0.2) is 24.0 Å². The lowest BCUT2D eigenvalue weighted by atomic mass is 10.3. The van der Waals surface area contributed by atoms with Gasteiger partial charge in [0.2, 0.25) is 0 Å². The van der Waals surface area contributed by atoms with Crippen LogP contribution in [0.5, 0.6) is 0 Å². The second-order valence-corrected chi connectivity index (χ2v) is 1.68. The summed E-state index contributed by atoms with van der Waals surface area (Å²) in [6.45, 7) is 2.51. The van der Waals surface area contributed by atoms with E-state index in [2.05, 4.69) is 11.3 Å². The highest BCUT2D eigenvalue weighted by Crippen LogP contribution is 1.99. The van der Waals surface area contributed by atoms with Crippen molar-refractivity contribution in [2.75, 3.05) is 6.67 Å². The molecule has 3 nitrogen and oxygen atoms in total. The van der Waals surface area contributed by atoms with Gasteiger partial charge in [-0.2, -0.15) is 0 Å². The van der Waals surface area contributed by atoms with E-state index in [4.69, 9.17) is 5.11 Å². The second-order valence-electron chi connectivity index (χ2n) is 1.68. The maximum Gasteiger partial charge on any atom is 0.506 e. The molecule has 0 radical (unpaired) electrons. The highest BCUT2D eigenvalue weighted by molar-refractivity contribution is 5.57. The topological polar surface area (TPSA) is 46.5 Å². The highest BCUT2D eigenvalue weighted by Gasteiger charge is 2.10. The first-order valence-electron chi connectivity index (χ1n) is 2.77. The van der Waals surface area contributed by atoms with E-state index in [-0.39, 0.29) is 6.42 Å². The van der Waals surface area contributed by atoms with E-state index >= 15 is 0 Å². The lowest BCUT2D eigenvalue weighted by Crippen LogP contribution is -2.17. The Morgan fingerprint density at radius 3 is 2.80 bits per heavy atom. The fourth-order valence-electron chi connectivity index (χ4n) is 0.471. The van der Waals surface area contributed by atoms with Crippen LogP contribution in [0.2, 0.25) is 0 Å². The van der Waals surface area contributed by atoms with Crippen LogP contribution in [0.1, 0.15) is 6.42 Å². The maximum atomic E-state index is 11.8. The quantitative estimate of drug-likeness (QED) is 0.486. The second kappa shape index (κ2) is 4.78. The fourth-order valence-corrected chi connectivity index (χ4v) is 0.471. The number of hydrogen-bond donors (Lipinski definition) is 1. The van der Waals surface area contributed by atoms with E-state index in [1.54, 1.807) is 0 Å². The molecule has 0 amide bonds. The molecular weight excluding hydrogens is 139 g/mol. The summed E-state index contributed by atoms with van der Waals surface area (Å²) in [4.78, 5) is 9.82. The van der Waals surface area contributed by atoms with E-state index in [0.717, 1.165) is 0 Å². The average molecular weight is 148 g/mol. The minimum atomic E-state index is -1.45. The lowest BCUT2D eigenvalue weighted by molar-refractivity contribution is 0.0420. The molecule has 0 aliphatic heterocycles. The smallest absolute Gasteiger partial charge is 0.450 e. The number of rotatable bonds is 4. The molecule has 0 aliphatic carbocycles. The van der Waals surface area contributed by atoms with Gasteiger partial charge in [-0.25, -0.2) is 9.18 Å². The van der Waals surface area contributed by atoms with Crippen LogP contribution in [0.15, 0.2) is 12.7 Å². The zero-order valence-electron chi connectivity index (χ0n) is 5.42. The van der Waals surface area contributed by atoms with Crippen LogP contribution in [0.4, 0.5) is 9.18 Å². The zero-order valence-corrected chi connectivity index (χ0v) is 5.42. The molecule has 1 N–H and O–H groups in total. The van der Waals surface area contributed by atoms with Crippen LogP contribution in [-0.2, 0) is 4.74 Å². The zero-order chi connectivity index (χ0) is 7.98. The monoisotopic (exact) mass is 148 g/mol. The minimum Gasteiger partial charge on any atom is -0.450 e. The first kappa shape index (κ1) is 8.94. The lowest BCUT2D eigenvalue weighted by Gasteiger charge is -2.07. The third kappa shape index (κ3) is 3.88. The average Bonchev–Trinajstić information content (AvgIpc) is 1.86. The Kier molecular flexibility index (Phi) is 4.28. The van der Waals surface area contributed by atoms with Crippen LogP contribution in [0, 0.1) is 0 Å². The van der Waals surface area contributed by atoms with Crippen LogP contribution in [0.25, 0.3) is 0 Å². The van der Waals surface area contributed by atoms with Gasteiger partial charge in [0.15, 0.2) is 0 Å². The largest absolute Gasteiger partial charge is 0.506 e. The Hall–Kier alpha value is -1.06. The highest BCUT2D eigenvalue weighted by atomic mass is 19.1. The van der Waals surface area contributed by atoms with Gasteiger partial charge in [-0.05, 0) is 0 Å². The van der Waals surface area contributed by atoms with E-state index in [1.807, 2.05) is 0 Å². The van der Waals surface area contributed by atoms with E-state index in [9.17, 15) is 9.18 Å². The summed E-state index contributed by atoms with van der Waals surface area (Å²) in [5.41, 5.74) is 0. The summed E-state index contributed by atoms with van der Waals surface area (Å²) < 4.78 is 15.9. The van der Waals surface area contributed by atoms with Crippen molar-refractivity contribution >= 4 is 6.16 Å². The third-order valence-electron chi connectivity index (χ3n) is 0.869. The number of halogens is 1. The van der Waals surface area contributed by atoms with Crippen molar-refractivity contribution in [1.82, 2.24) is 0 Å². The SMILES string of the molecule is C=CCC(CF)OC(=O)O. The van der Waals surface area contributed by atoms with Gasteiger partial charge in [0.1, 0.15) is 12.8 Å². The van der Waals surface area contributed by atoms with Crippen molar-refractivity contribution in [2.24, 2.45) is 0 Å². The van der Waals surface area contributed by atoms with Crippen molar-refractivity contribution in [3.05, 3.63) is 12.7 Å². The Bertz CT molecular complexity index is 124. The van der Waals surface area contributed by atoms with Gasteiger partial charge in [0.25, 0.3) is 0 Å². The summed E-state index contributed by atoms with van der Waals surface area (Å²) in [7, 11) is 0. The molecule has 4 heteroatoms. The van der Waals surface area contributed by atoms with Crippen molar-refractivity contribution in [3.8, 4) is 0 Å². The number of carbonyl (C=O) groups is 1. The standard InChI is InChI=1S/C6H9FO3/c1-2-3-5(4-7)10-6(8)9/h2,5H,1,3-4H2,(H,8,9). The first-order chi connectivity index (χ1) is 4.70. The van der Waals surface area contributed by atoms with Gasteiger partial charge < -0.3 is 9.84 Å². The summed E-state index contributed by atoms with van der Waals surface area (Å²) >= 11 is 0. The van der Waals surface area contributed by atoms with Crippen molar-refractivity contribution in [2.45, 2.75) is 12.5 Å². The molecule has 0 bridgehead atoms. The minimum absolute atomic E-state index is 0.211. The predicted octanol–water partition coefficient (Wildman–Crippen LogP) is 1.60. The summed E-state index contributed by atoms with van der Waals surface area (Å²) in [5.74, 6) is 0. The van der Waals surface area contributed by atoms with Crippen molar-refractivity contribution < 1.29 is 19.0 Å². The molecular formula is C6H9FO3. The molecule has 0 spiro atoms. The van der Waals surface area contributed by atoms with Crippen molar-refractivity contribution in [3.63, 3.8) is 0 Å². The van der Waals surface area contributed by atoms with Gasteiger partial charge in [-0.1, -0.05) is 6.08 Å². The maximum absolute atomic E-state index is 11.8. The van der Waals surface area contributed by atoms with Gasteiger partial charge >= 0.3 is 6.16 Å². The van der Waals surface area contributed by atoms with Gasteiger partial charge in [-0.15, -0.1) is 6.58 Å². The molecule has 0 aromatic rings. The summed E-state index contributed by atoms with van der Waals surface area (Å²) in [6, 6.07) is 0. The molecule has 0 heterocycles. The Morgan fingerprint density at radius 1 is 1.90 bits per heavy atom. The first-order valence-corrected chi connectivity index (χ1v) is 2.77. The molecule has 1 atom stereocenters. The Morgan fingerprint density at radius 2 is 2.50 bits per heavy atom. The van der Waals surface area contributed by atoms with Crippen LogP contribution < -0.4 is 0 Å². The van der Waals surface area contributed by atoms with E-state index in [0.29, 0.717) is 0 Å². The molecule has 0 aromatic carbocycles. The number of ether oxygens (including phenoxy) is 1. The Labute approximate surface area is 58.1 Å². The molecule has 0 aromatic heterocycles. The number of hydrogen-bond acceptors (Lipinski definition) is 2. The van der Waals surface area contributed by atoms with Gasteiger partial charge in [-0.3, -0.25) is 0 Å². The number of alkyl halides is 1. The molecule has 0 aliphatic rings. The van der Waals surface area contributed by atoms with Crippen molar-refractivity contribution in [1.29, 1.82) is 0 Å². The Balaban J connectivity index is 3.59. The normalized spacial score (nSPS) is 12.1. The van der Waals surface area contributed by atoms with Gasteiger partial charge in [0, 0.05) is 6.42 Å².